The first-order valence-electron chi connectivity index (χ1n) is 5.56. The molecule has 2 rings (SSSR count). The minimum atomic E-state index is -0.449. The highest BCUT2D eigenvalue weighted by Crippen LogP contribution is 2.24. The molecule has 0 aromatic heterocycles. The summed E-state index contributed by atoms with van der Waals surface area (Å²) in [6.45, 7) is 1.10. The first-order valence-corrected chi connectivity index (χ1v) is 5.56. The lowest BCUT2D eigenvalue weighted by Gasteiger charge is -2.20. The molecule has 1 unspecified atom stereocenters. The Kier molecular flexibility index (Phi) is 4.04. The van der Waals surface area contributed by atoms with Gasteiger partial charge in [-0.15, -0.1) is 0 Å². The van der Waals surface area contributed by atoms with E-state index in [0.29, 0.717) is 25.2 Å². The van der Waals surface area contributed by atoms with Crippen molar-refractivity contribution in [1.82, 2.24) is 5.32 Å². The molecule has 1 fully saturated rings. The monoisotopic (exact) mass is 243 g/mol. The normalized spacial score (nSPS) is 18.5. The summed E-state index contributed by atoms with van der Waals surface area (Å²) in [5.41, 5.74) is 0.298. The van der Waals surface area contributed by atoms with Crippen molar-refractivity contribution in [3.8, 4) is 0 Å². The van der Waals surface area contributed by atoms with Gasteiger partial charge in [0.15, 0.2) is 6.29 Å². The van der Waals surface area contributed by atoms with E-state index in [1.165, 1.54) is 6.07 Å². The van der Waals surface area contributed by atoms with Crippen LogP contribution in [0.25, 0.3) is 0 Å². The lowest BCUT2D eigenvalue weighted by Crippen LogP contribution is -2.24. The quantitative estimate of drug-likeness (QED) is 0.877. The van der Waals surface area contributed by atoms with E-state index in [4.69, 9.17) is 9.47 Å². The van der Waals surface area contributed by atoms with Crippen molar-refractivity contribution in [2.45, 2.75) is 18.8 Å². The van der Waals surface area contributed by atoms with Gasteiger partial charge in [-0.1, -0.05) is 0 Å². The summed E-state index contributed by atoms with van der Waals surface area (Å²) in [4.78, 5) is 0. The summed E-state index contributed by atoms with van der Waals surface area (Å²) in [6.07, 6.45) is 0.103. The van der Waals surface area contributed by atoms with Gasteiger partial charge in [-0.05, 0) is 25.2 Å². The fourth-order valence-electron chi connectivity index (χ4n) is 1.92. The molecular weight excluding hydrogens is 228 g/mol. The molecule has 1 aliphatic rings. The number of halogens is 2. The maximum absolute atomic E-state index is 13.6. The molecule has 1 saturated heterocycles. The van der Waals surface area contributed by atoms with Crippen molar-refractivity contribution in [3.63, 3.8) is 0 Å². The second-order valence-corrected chi connectivity index (χ2v) is 3.91. The van der Waals surface area contributed by atoms with Gasteiger partial charge in [-0.25, -0.2) is 8.78 Å². The SMILES string of the molecule is CNC(CC1OCCO1)c1cc(F)ccc1F. The van der Waals surface area contributed by atoms with Gasteiger partial charge in [-0.2, -0.15) is 0 Å². The van der Waals surface area contributed by atoms with E-state index < -0.39 is 11.6 Å². The van der Waals surface area contributed by atoms with Crippen molar-refractivity contribution in [2.24, 2.45) is 0 Å². The molecule has 1 atom stereocenters. The Balaban J connectivity index is 2.13. The minimum absolute atomic E-state index is 0.298. The molecule has 0 radical (unpaired) electrons. The van der Waals surface area contributed by atoms with E-state index in [1.807, 2.05) is 0 Å². The lowest BCUT2D eigenvalue weighted by atomic mass is 10.0. The Morgan fingerprint density at radius 3 is 2.71 bits per heavy atom. The Morgan fingerprint density at radius 2 is 2.06 bits per heavy atom. The van der Waals surface area contributed by atoms with Crippen LogP contribution in [-0.2, 0) is 9.47 Å². The van der Waals surface area contributed by atoms with E-state index >= 15 is 0 Å². The summed E-state index contributed by atoms with van der Waals surface area (Å²) in [6, 6.07) is 3.11. The molecule has 1 aliphatic heterocycles. The van der Waals surface area contributed by atoms with E-state index in [-0.39, 0.29) is 12.3 Å². The van der Waals surface area contributed by atoms with Gasteiger partial charge in [0.05, 0.1) is 13.2 Å². The van der Waals surface area contributed by atoms with Crippen LogP contribution in [0.2, 0.25) is 0 Å². The topological polar surface area (TPSA) is 30.5 Å². The number of hydrogen-bond acceptors (Lipinski definition) is 3. The number of hydrogen-bond donors (Lipinski definition) is 1. The number of rotatable bonds is 4. The third kappa shape index (κ3) is 3.00. The fraction of sp³-hybridized carbons (Fsp3) is 0.500. The molecule has 17 heavy (non-hydrogen) atoms. The smallest absolute Gasteiger partial charge is 0.159 e. The van der Waals surface area contributed by atoms with Crippen molar-refractivity contribution < 1.29 is 18.3 Å². The van der Waals surface area contributed by atoms with Crippen LogP contribution < -0.4 is 5.32 Å². The fourth-order valence-corrected chi connectivity index (χ4v) is 1.92. The Morgan fingerprint density at radius 1 is 1.35 bits per heavy atom. The zero-order valence-corrected chi connectivity index (χ0v) is 9.58. The van der Waals surface area contributed by atoms with Crippen LogP contribution in [0.4, 0.5) is 8.78 Å². The maximum atomic E-state index is 13.6. The highest BCUT2D eigenvalue weighted by molar-refractivity contribution is 5.22. The van der Waals surface area contributed by atoms with E-state index in [0.717, 1.165) is 12.1 Å². The molecule has 5 heteroatoms. The third-order valence-corrected chi connectivity index (χ3v) is 2.80. The van der Waals surface area contributed by atoms with Gasteiger partial charge in [0.1, 0.15) is 11.6 Å². The molecule has 1 heterocycles. The molecular formula is C12H15F2NO2. The average molecular weight is 243 g/mol. The standard InChI is InChI=1S/C12H15F2NO2/c1-15-11(7-12-16-4-5-17-12)9-6-8(13)2-3-10(9)14/h2-3,6,11-12,15H,4-5,7H2,1H3. The van der Waals surface area contributed by atoms with Gasteiger partial charge in [0.2, 0.25) is 0 Å². The second-order valence-electron chi connectivity index (χ2n) is 3.91. The molecule has 0 bridgehead atoms. The van der Waals surface area contributed by atoms with Gasteiger partial charge in [-0.3, -0.25) is 0 Å². The molecule has 0 spiro atoms. The van der Waals surface area contributed by atoms with Gasteiger partial charge >= 0.3 is 0 Å². The predicted molar refractivity (Wildman–Crippen MR) is 58.5 cm³/mol. The van der Waals surface area contributed by atoms with Crippen molar-refractivity contribution in [2.75, 3.05) is 20.3 Å². The first-order chi connectivity index (χ1) is 8.20. The third-order valence-electron chi connectivity index (χ3n) is 2.80. The van der Waals surface area contributed by atoms with Crippen molar-refractivity contribution in [1.29, 1.82) is 0 Å². The highest BCUT2D eigenvalue weighted by atomic mass is 19.1. The largest absolute Gasteiger partial charge is 0.350 e. The lowest BCUT2D eigenvalue weighted by molar-refractivity contribution is -0.0527. The minimum Gasteiger partial charge on any atom is -0.350 e. The average Bonchev–Trinajstić information content (AvgIpc) is 2.82. The molecule has 1 N–H and O–H groups in total. The Labute approximate surface area is 98.7 Å². The molecule has 1 aromatic rings. The van der Waals surface area contributed by atoms with Crippen LogP contribution in [0.15, 0.2) is 18.2 Å². The summed E-state index contributed by atoms with van der Waals surface area (Å²) >= 11 is 0. The zero-order chi connectivity index (χ0) is 12.3. The van der Waals surface area contributed by atoms with E-state index in [2.05, 4.69) is 5.32 Å². The Bertz CT molecular complexity index is 381. The zero-order valence-electron chi connectivity index (χ0n) is 9.58. The second kappa shape index (κ2) is 5.53. The van der Waals surface area contributed by atoms with E-state index in [9.17, 15) is 8.78 Å². The summed E-state index contributed by atoms with van der Waals surface area (Å²) in [7, 11) is 1.70. The van der Waals surface area contributed by atoms with Crippen LogP contribution in [-0.4, -0.2) is 26.6 Å². The number of benzene rings is 1. The first kappa shape index (κ1) is 12.4. The van der Waals surface area contributed by atoms with Crippen molar-refractivity contribution in [3.05, 3.63) is 35.4 Å². The molecule has 0 aliphatic carbocycles. The number of nitrogens with one attached hydrogen (secondary N) is 1. The maximum Gasteiger partial charge on any atom is 0.159 e. The molecule has 0 amide bonds. The summed E-state index contributed by atoms with van der Waals surface area (Å²) in [5, 5.41) is 2.95. The van der Waals surface area contributed by atoms with Crippen LogP contribution >= 0.6 is 0 Å². The predicted octanol–water partition coefficient (Wildman–Crippen LogP) is 1.99. The van der Waals surface area contributed by atoms with Gasteiger partial charge < -0.3 is 14.8 Å². The molecule has 3 nitrogen and oxygen atoms in total. The van der Waals surface area contributed by atoms with Crippen LogP contribution in [0.1, 0.15) is 18.0 Å². The van der Waals surface area contributed by atoms with Crippen molar-refractivity contribution >= 4 is 0 Å². The summed E-state index contributed by atoms with van der Waals surface area (Å²) in [5.74, 6) is -0.876. The summed E-state index contributed by atoms with van der Waals surface area (Å²) < 4.78 is 37.3. The number of ether oxygens (including phenoxy) is 2. The van der Waals surface area contributed by atoms with Crippen LogP contribution in [0.5, 0.6) is 0 Å². The van der Waals surface area contributed by atoms with Gasteiger partial charge in [0.25, 0.3) is 0 Å². The molecule has 94 valence electrons. The Hall–Kier alpha value is -1.04. The van der Waals surface area contributed by atoms with E-state index in [1.54, 1.807) is 7.05 Å². The molecule has 1 aromatic carbocycles. The van der Waals surface area contributed by atoms with Gasteiger partial charge in [0, 0.05) is 18.0 Å². The van der Waals surface area contributed by atoms with Crippen LogP contribution in [0.3, 0.4) is 0 Å². The molecule has 0 saturated carbocycles. The highest BCUT2D eigenvalue weighted by Gasteiger charge is 2.23. The van der Waals surface area contributed by atoms with Crippen LogP contribution in [0, 0.1) is 11.6 Å².